The van der Waals surface area contributed by atoms with E-state index in [1.165, 1.54) is 25.3 Å². The molecule has 4 rings (SSSR count). The number of hydrogen-bond acceptors (Lipinski definition) is 5. The summed E-state index contributed by atoms with van der Waals surface area (Å²) < 4.78 is 21.8. The molecule has 1 heterocycles. The molecule has 0 amide bonds. The van der Waals surface area contributed by atoms with Gasteiger partial charge in [0.2, 0.25) is 0 Å². The third-order valence-electron chi connectivity index (χ3n) is 5.44. The maximum Gasteiger partial charge on any atom is 0.352 e. The lowest BCUT2D eigenvalue weighted by molar-refractivity contribution is 0.414. The lowest BCUT2D eigenvalue weighted by Gasteiger charge is -2.17. The van der Waals surface area contributed by atoms with E-state index < -0.39 is 23.1 Å². The van der Waals surface area contributed by atoms with Gasteiger partial charge in [-0.15, -0.1) is 0 Å². The molecular formula is C25H22ClFN4O3. The first-order valence-electron chi connectivity index (χ1n) is 10.5. The quantitative estimate of drug-likeness (QED) is 0.437. The second-order valence-electron chi connectivity index (χ2n) is 7.65. The van der Waals surface area contributed by atoms with Crippen LogP contribution in [0.15, 0.2) is 82.4 Å². The SMILES string of the molecule is COc1cccc(-n2nc(Cc3c(F)cccc3Cl)c(=O)n(CC(N)c3ccccc3)c2=O)c1. The van der Waals surface area contributed by atoms with Crippen LogP contribution >= 0.6 is 11.6 Å². The van der Waals surface area contributed by atoms with E-state index in [9.17, 15) is 14.0 Å². The molecule has 0 saturated heterocycles. The van der Waals surface area contributed by atoms with Crippen LogP contribution in [0.4, 0.5) is 4.39 Å². The Morgan fingerprint density at radius 1 is 1.06 bits per heavy atom. The van der Waals surface area contributed by atoms with Crippen LogP contribution in [0.5, 0.6) is 5.75 Å². The van der Waals surface area contributed by atoms with Gasteiger partial charge in [0.15, 0.2) is 0 Å². The molecule has 0 bridgehead atoms. The van der Waals surface area contributed by atoms with Crippen LogP contribution in [0.2, 0.25) is 5.02 Å². The fourth-order valence-electron chi connectivity index (χ4n) is 3.62. The first-order chi connectivity index (χ1) is 16.4. The molecule has 7 nitrogen and oxygen atoms in total. The van der Waals surface area contributed by atoms with E-state index in [1.54, 1.807) is 24.3 Å². The van der Waals surface area contributed by atoms with Crippen molar-refractivity contribution < 1.29 is 9.13 Å². The largest absolute Gasteiger partial charge is 0.497 e. The Hall–Kier alpha value is -3.75. The molecule has 0 spiro atoms. The van der Waals surface area contributed by atoms with Crippen LogP contribution in [0, 0.1) is 5.82 Å². The molecule has 3 aromatic carbocycles. The fraction of sp³-hybridized carbons (Fsp3) is 0.160. The molecule has 0 aliphatic heterocycles. The van der Waals surface area contributed by atoms with Crippen molar-refractivity contribution >= 4 is 11.6 Å². The highest BCUT2D eigenvalue weighted by molar-refractivity contribution is 6.31. The summed E-state index contributed by atoms with van der Waals surface area (Å²) >= 11 is 6.18. The molecule has 1 aromatic heterocycles. The van der Waals surface area contributed by atoms with Crippen molar-refractivity contribution in [1.82, 2.24) is 14.3 Å². The summed E-state index contributed by atoms with van der Waals surface area (Å²) in [5, 5.41) is 4.44. The summed E-state index contributed by atoms with van der Waals surface area (Å²) in [5.74, 6) is -0.0657. The molecule has 174 valence electrons. The van der Waals surface area contributed by atoms with Crippen LogP contribution in [-0.4, -0.2) is 21.5 Å². The van der Waals surface area contributed by atoms with Crippen LogP contribution in [-0.2, 0) is 13.0 Å². The van der Waals surface area contributed by atoms with E-state index in [1.807, 2.05) is 30.3 Å². The van der Waals surface area contributed by atoms with E-state index in [-0.39, 0.29) is 29.2 Å². The van der Waals surface area contributed by atoms with Crippen LogP contribution < -0.4 is 21.7 Å². The van der Waals surface area contributed by atoms with Gasteiger partial charge in [0.25, 0.3) is 5.56 Å². The van der Waals surface area contributed by atoms with Gasteiger partial charge in [0.1, 0.15) is 17.3 Å². The molecule has 0 fully saturated rings. The zero-order valence-electron chi connectivity index (χ0n) is 18.3. The van der Waals surface area contributed by atoms with Crippen molar-refractivity contribution in [3.8, 4) is 11.4 Å². The fourth-order valence-corrected chi connectivity index (χ4v) is 3.85. The van der Waals surface area contributed by atoms with Crippen LogP contribution in [0.1, 0.15) is 22.9 Å². The van der Waals surface area contributed by atoms with E-state index in [2.05, 4.69) is 5.10 Å². The minimum atomic E-state index is -0.673. The molecule has 0 aliphatic carbocycles. The standard InChI is InChI=1S/C25H22ClFN4O3/c1-34-18-10-5-9-17(13-18)31-25(33)30(15-22(28)16-7-3-2-4-8-16)24(32)23(29-31)14-19-20(26)11-6-12-21(19)27/h2-13,22H,14-15,28H2,1H3. The summed E-state index contributed by atoms with van der Waals surface area (Å²) in [4.78, 5) is 26.7. The smallest absolute Gasteiger partial charge is 0.352 e. The number of halogens is 2. The van der Waals surface area contributed by atoms with E-state index in [0.717, 1.165) is 14.8 Å². The summed E-state index contributed by atoms with van der Waals surface area (Å²) in [6.07, 6.45) is -0.199. The summed E-state index contributed by atoms with van der Waals surface area (Å²) in [6, 6.07) is 19.4. The highest BCUT2D eigenvalue weighted by atomic mass is 35.5. The molecule has 4 aromatic rings. The summed E-state index contributed by atoms with van der Waals surface area (Å²) in [5.41, 5.74) is 6.20. The Labute approximate surface area is 199 Å². The van der Waals surface area contributed by atoms with E-state index in [0.29, 0.717) is 11.4 Å². The lowest BCUT2D eigenvalue weighted by atomic mass is 10.1. The normalized spacial score (nSPS) is 11.9. The Balaban J connectivity index is 1.88. The van der Waals surface area contributed by atoms with Crippen molar-refractivity contribution in [2.45, 2.75) is 19.0 Å². The number of rotatable bonds is 7. The molecule has 0 saturated carbocycles. The van der Waals surface area contributed by atoms with Gasteiger partial charge in [-0.25, -0.2) is 9.18 Å². The molecule has 1 unspecified atom stereocenters. The van der Waals surface area contributed by atoms with Crippen LogP contribution in [0.3, 0.4) is 0 Å². The van der Waals surface area contributed by atoms with E-state index >= 15 is 0 Å². The van der Waals surface area contributed by atoms with Crippen molar-refractivity contribution in [1.29, 1.82) is 0 Å². The molecule has 0 radical (unpaired) electrons. The molecule has 9 heteroatoms. The molecule has 1 atom stereocenters. The number of nitrogens with zero attached hydrogens (tertiary/aromatic N) is 3. The zero-order chi connectivity index (χ0) is 24.2. The predicted molar refractivity (Wildman–Crippen MR) is 128 cm³/mol. The van der Waals surface area contributed by atoms with Gasteiger partial charge < -0.3 is 10.5 Å². The van der Waals surface area contributed by atoms with Gasteiger partial charge in [-0.05, 0) is 29.8 Å². The van der Waals surface area contributed by atoms with Crippen molar-refractivity contribution in [3.05, 3.63) is 121 Å². The second-order valence-corrected chi connectivity index (χ2v) is 8.06. The highest BCUT2D eigenvalue weighted by Crippen LogP contribution is 2.21. The minimum absolute atomic E-state index is 0.0466. The van der Waals surface area contributed by atoms with Gasteiger partial charge in [-0.2, -0.15) is 9.78 Å². The first-order valence-corrected chi connectivity index (χ1v) is 10.9. The highest BCUT2D eigenvalue weighted by Gasteiger charge is 2.20. The first kappa shape index (κ1) is 23.4. The number of nitrogens with two attached hydrogens (primary N) is 1. The third kappa shape index (κ3) is 4.78. The second kappa shape index (κ2) is 10.0. The number of aromatic nitrogens is 3. The van der Waals surface area contributed by atoms with Gasteiger partial charge in [-0.1, -0.05) is 54.1 Å². The Bertz CT molecular complexity index is 1420. The van der Waals surface area contributed by atoms with Gasteiger partial charge in [0, 0.05) is 29.1 Å². The maximum atomic E-state index is 14.5. The maximum absolute atomic E-state index is 14.5. The van der Waals surface area contributed by atoms with Crippen molar-refractivity contribution in [2.75, 3.05) is 7.11 Å². The average molecular weight is 481 g/mol. The number of hydrogen-bond donors (Lipinski definition) is 1. The number of benzene rings is 3. The monoisotopic (exact) mass is 480 g/mol. The summed E-state index contributed by atoms with van der Waals surface area (Å²) in [6.45, 7) is -0.0911. The lowest BCUT2D eigenvalue weighted by Crippen LogP contribution is -2.44. The van der Waals surface area contributed by atoms with Crippen molar-refractivity contribution in [2.24, 2.45) is 5.73 Å². The molecule has 2 N–H and O–H groups in total. The minimum Gasteiger partial charge on any atom is -0.497 e. The topological polar surface area (TPSA) is 92.1 Å². The third-order valence-corrected chi connectivity index (χ3v) is 5.79. The summed E-state index contributed by atoms with van der Waals surface area (Å²) in [7, 11) is 1.50. The molecular weight excluding hydrogens is 459 g/mol. The zero-order valence-corrected chi connectivity index (χ0v) is 19.1. The van der Waals surface area contributed by atoms with Gasteiger partial charge in [0.05, 0.1) is 19.3 Å². The van der Waals surface area contributed by atoms with Gasteiger partial charge >= 0.3 is 5.69 Å². The number of ether oxygens (including phenoxy) is 1. The Kier molecular flexibility index (Phi) is 6.90. The molecule has 34 heavy (non-hydrogen) atoms. The van der Waals surface area contributed by atoms with Crippen molar-refractivity contribution in [3.63, 3.8) is 0 Å². The average Bonchev–Trinajstić information content (AvgIpc) is 2.85. The van der Waals surface area contributed by atoms with E-state index in [4.69, 9.17) is 22.1 Å². The number of methoxy groups -OCH3 is 1. The molecule has 0 aliphatic rings. The Morgan fingerprint density at radius 2 is 1.79 bits per heavy atom. The van der Waals surface area contributed by atoms with Gasteiger partial charge in [-0.3, -0.25) is 9.36 Å². The Morgan fingerprint density at radius 3 is 2.50 bits per heavy atom. The van der Waals surface area contributed by atoms with Crippen LogP contribution in [0.25, 0.3) is 5.69 Å². The predicted octanol–water partition coefficient (Wildman–Crippen LogP) is 3.49.